The van der Waals surface area contributed by atoms with Crippen molar-refractivity contribution in [2.24, 2.45) is 5.10 Å². The summed E-state index contributed by atoms with van der Waals surface area (Å²) < 4.78 is 1.83. The minimum Gasteiger partial charge on any atom is -0.292 e. The second kappa shape index (κ2) is 9.99. The minimum atomic E-state index is -0.202. The van der Waals surface area contributed by atoms with Crippen LogP contribution in [0, 0.1) is 0 Å². The lowest BCUT2D eigenvalue weighted by atomic mass is 10.2. The lowest BCUT2D eigenvalue weighted by Gasteiger charge is -2.11. The van der Waals surface area contributed by atoms with Crippen molar-refractivity contribution in [3.8, 4) is 17.1 Å². The molecule has 1 heterocycles. The number of thioether (sulfide) groups is 1. The lowest BCUT2D eigenvalue weighted by molar-refractivity contribution is -0.110. The first kappa shape index (κ1) is 22.1. The summed E-state index contributed by atoms with van der Waals surface area (Å²) in [7, 11) is 0. The second-order valence-electron chi connectivity index (χ2n) is 6.65. The molecular formula is C23H17Cl2N5OS. The molecule has 6 nitrogen and oxygen atoms in total. The van der Waals surface area contributed by atoms with E-state index >= 15 is 0 Å². The van der Waals surface area contributed by atoms with Crippen LogP contribution in [0.2, 0.25) is 10.0 Å². The van der Waals surface area contributed by atoms with Crippen LogP contribution in [0.15, 0.2) is 89.1 Å². The van der Waals surface area contributed by atoms with Gasteiger partial charge in [-0.25, -0.2) is 0 Å². The molecular weight excluding hydrogens is 465 g/mol. The van der Waals surface area contributed by atoms with E-state index in [9.17, 15) is 4.79 Å². The molecule has 0 aliphatic heterocycles. The van der Waals surface area contributed by atoms with Crippen LogP contribution in [-0.4, -0.2) is 25.6 Å². The lowest BCUT2D eigenvalue weighted by Crippen LogP contribution is -2.10. The Morgan fingerprint density at radius 1 is 0.969 bits per heavy atom. The van der Waals surface area contributed by atoms with Gasteiger partial charge in [-0.1, -0.05) is 59.6 Å². The average molecular weight is 482 g/mol. The van der Waals surface area contributed by atoms with Crippen molar-refractivity contribution < 1.29 is 4.79 Å². The molecule has 0 radical (unpaired) electrons. The normalized spacial score (nSPS) is 11.4. The van der Waals surface area contributed by atoms with Crippen molar-refractivity contribution in [2.45, 2.75) is 12.1 Å². The Morgan fingerprint density at radius 3 is 2.31 bits per heavy atom. The zero-order chi connectivity index (χ0) is 22.5. The van der Waals surface area contributed by atoms with Crippen molar-refractivity contribution in [3.05, 3.63) is 88.9 Å². The van der Waals surface area contributed by atoms with Crippen molar-refractivity contribution in [1.29, 1.82) is 0 Å². The number of aromatic nitrogens is 3. The zero-order valence-corrected chi connectivity index (χ0v) is 19.2. The predicted molar refractivity (Wildman–Crippen MR) is 131 cm³/mol. The molecule has 0 saturated carbocycles. The number of ketones is 1. The maximum absolute atomic E-state index is 12.3. The molecule has 0 fully saturated rings. The summed E-state index contributed by atoms with van der Waals surface area (Å²) in [5, 5.41) is 14.7. The van der Waals surface area contributed by atoms with Crippen LogP contribution >= 0.6 is 35.0 Å². The van der Waals surface area contributed by atoms with Crippen LogP contribution in [0.1, 0.15) is 6.92 Å². The molecule has 0 aliphatic rings. The molecule has 9 heteroatoms. The number of para-hydroxylation sites is 2. The van der Waals surface area contributed by atoms with E-state index in [4.69, 9.17) is 23.2 Å². The van der Waals surface area contributed by atoms with Gasteiger partial charge >= 0.3 is 0 Å². The monoisotopic (exact) mass is 481 g/mol. The average Bonchev–Trinajstić information content (AvgIpc) is 3.21. The van der Waals surface area contributed by atoms with Crippen LogP contribution in [0.4, 0.5) is 5.69 Å². The van der Waals surface area contributed by atoms with Crippen molar-refractivity contribution in [2.75, 3.05) is 5.43 Å². The summed E-state index contributed by atoms with van der Waals surface area (Å²) in [6.45, 7) is 1.46. The molecule has 32 heavy (non-hydrogen) atoms. The maximum atomic E-state index is 12.3. The Hall–Kier alpha value is -3.13. The highest BCUT2D eigenvalue weighted by Gasteiger charge is 2.21. The highest BCUT2D eigenvalue weighted by Crippen LogP contribution is 2.34. The summed E-state index contributed by atoms with van der Waals surface area (Å²) in [6, 6.07) is 24.2. The number of rotatable bonds is 6. The minimum absolute atomic E-state index is 0.202. The Balaban J connectivity index is 1.76. The van der Waals surface area contributed by atoms with Crippen LogP contribution in [0.3, 0.4) is 0 Å². The molecule has 0 amide bonds. The molecule has 0 aliphatic carbocycles. The number of hydrogen-bond donors (Lipinski definition) is 1. The number of benzene rings is 3. The first-order chi connectivity index (χ1) is 15.5. The summed E-state index contributed by atoms with van der Waals surface area (Å²) >= 11 is 13.6. The van der Waals surface area contributed by atoms with E-state index in [2.05, 4.69) is 20.7 Å². The summed E-state index contributed by atoms with van der Waals surface area (Å²) in [4.78, 5) is 12.3. The van der Waals surface area contributed by atoms with Crippen LogP contribution in [0.5, 0.6) is 0 Å². The van der Waals surface area contributed by atoms with Crippen LogP contribution in [-0.2, 0) is 4.79 Å². The third-order valence-corrected chi connectivity index (χ3v) is 5.94. The van der Waals surface area contributed by atoms with Gasteiger partial charge in [-0.3, -0.25) is 14.8 Å². The van der Waals surface area contributed by atoms with Crippen LogP contribution < -0.4 is 5.43 Å². The molecule has 3 aromatic carbocycles. The Bertz CT molecular complexity index is 1280. The molecule has 160 valence electrons. The summed E-state index contributed by atoms with van der Waals surface area (Å²) in [5.74, 6) is 0.325. The smallest absolute Gasteiger partial charge is 0.202 e. The van der Waals surface area contributed by atoms with E-state index in [0.29, 0.717) is 26.6 Å². The largest absolute Gasteiger partial charge is 0.292 e. The van der Waals surface area contributed by atoms with E-state index < -0.39 is 0 Å². The van der Waals surface area contributed by atoms with Crippen molar-refractivity contribution >= 4 is 51.5 Å². The number of halogens is 2. The number of anilines is 1. The van der Waals surface area contributed by atoms with Gasteiger partial charge in [0.1, 0.15) is 0 Å². The number of carbonyl (C=O) groups excluding carboxylic acids is 1. The van der Waals surface area contributed by atoms with E-state index in [1.165, 1.54) is 6.92 Å². The Morgan fingerprint density at radius 2 is 1.66 bits per heavy atom. The highest BCUT2D eigenvalue weighted by atomic mass is 35.5. The van der Waals surface area contributed by atoms with Gasteiger partial charge in [-0.15, -0.1) is 10.2 Å². The predicted octanol–water partition coefficient (Wildman–Crippen LogP) is 6.35. The van der Waals surface area contributed by atoms with E-state index in [1.807, 2.05) is 65.2 Å². The number of hydrogen-bond acceptors (Lipinski definition) is 6. The first-order valence-corrected chi connectivity index (χ1v) is 11.1. The number of carbonyl (C=O) groups is 1. The van der Waals surface area contributed by atoms with E-state index in [1.54, 1.807) is 18.2 Å². The first-order valence-electron chi connectivity index (χ1n) is 9.56. The fraction of sp³-hybridized carbons (Fsp3) is 0.0435. The molecule has 1 N–H and O–H groups in total. The van der Waals surface area contributed by atoms with E-state index in [-0.39, 0.29) is 10.8 Å². The molecule has 4 rings (SSSR count). The molecule has 0 spiro atoms. The van der Waals surface area contributed by atoms with Gasteiger partial charge in [0.05, 0.1) is 10.7 Å². The van der Waals surface area contributed by atoms with Gasteiger partial charge in [0.15, 0.2) is 16.7 Å². The number of hydrazone groups is 1. The van der Waals surface area contributed by atoms with Crippen LogP contribution in [0.25, 0.3) is 17.1 Å². The second-order valence-corrected chi connectivity index (χ2v) is 8.45. The van der Waals surface area contributed by atoms with Gasteiger partial charge in [0.2, 0.25) is 5.16 Å². The molecule has 0 atom stereocenters. The van der Waals surface area contributed by atoms with Gasteiger partial charge < -0.3 is 0 Å². The third kappa shape index (κ3) is 5.02. The SMILES string of the molecule is CC(=O)/C(=N/Nc1ccccc1)Sc1nnc(-c2ccc(Cl)cc2Cl)n1-c1ccccc1. The summed E-state index contributed by atoms with van der Waals surface area (Å²) in [5.41, 5.74) is 5.17. The van der Waals surface area contributed by atoms with Crippen molar-refractivity contribution in [3.63, 3.8) is 0 Å². The quantitative estimate of drug-likeness (QED) is 0.150. The van der Waals surface area contributed by atoms with E-state index in [0.717, 1.165) is 23.1 Å². The zero-order valence-electron chi connectivity index (χ0n) is 16.9. The summed E-state index contributed by atoms with van der Waals surface area (Å²) in [6.07, 6.45) is 0. The Kier molecular flexibility index (Phi) is 6.90. The molecule has 4 aromatic rings. The van der Waals surface area contributed by atoms with Gasteiger partial charge in [-0.05, 0) is 54.2 Å². The Labute approximate surface area is 199 Å². The highest BCUT2D eigenvalue weighted by molar-refractivity contribution is 8.15. The molecule has 0 bridgehead atoms. The molecule has 0 saturated heterocycles. The maximum Gasteiger partial charge on any atom is 0.202 e. The number of nitrogens with zero attached hydrogens (tertiary/aromatic N) is 4. The third-order valence-electron chi connectivity index (χ3n) is 4.37. The standard InChI is InChI=1S/C23H17Cl2N5OS/c1-15(31)22(28-26-17-8-4-2-5-9-17)32-23-29-27-21(19-13-12-16(24)14-20(19)25)30(23)18-10-6-3-7-11-18/h2-14,26H,1H3/b28-22-. The van der Waals surface area contributed by atoms with Gasteiger partial charge in [-0.2, -0.15) is 5.10 Å². The fourth-order valence-corrected chi connectivity index (χ4v) is 4.14. The number of nitrogens with one attached hydrogen (secondary N) is 1. The molecule has 0 unspecified atom stereocenters. The van der Waals surface area contributed by atoms with Gasteiger partial charge in [0.25, 0.3) is 0 Å². The van der Waals surface area contributed by atoms with Gasteiger partial charge in [0, 0.05) is 23.2 Å². The fourth-order valence-electron chi connectivity index (χ4n) is 2.88. The molecule has 1 aromatic heterocycles. The topological polar surface area (TPSA) is 72.2 Å². The van der Waals surface area contributed by atoms with Crippen molar-refractivity contribution in [1.82, 2.24) is 14.8 Å². The number of Topliss-reactive ketones (excluding diaryl/α,β-unsaturated/α-hetero) is 1.